The van der Waals surface area contributed by atoms with E-state index in [-0.39, 0.29) is 18.5 Å². The molecule has 1 aliphatic rings. The van der Waals surface area contributed by atoms with Gasteiger partial charge in [-0.25, -0.2) is 0 Å². The first kappa shape index (κ1) is 16.1. The zero-order chi connectivity index (χ0) is 15.4. The fourth-order valence-corrected chi connectivity index (χ4v) is 2.66. The molecular weight excluding hydrogens is 311 g/mol. The molecule has 1 aromatic rings. The topological polar surface area (TPSA) is 68.2 Å². The highest BCUT2D eigenvalue weighted by molar-refractivity contribution is 6.40. The first-order valence-corrected chi connectivity index (χ1v) is 7.37. The van der Waals surface area contributed by atoms with Crippen LogP contribution in [0.25, 0.3) is 0 Å². The number of rotatable bonds is 3. The first-order valence-electron chi connectivity index (χ1n) is 6.61. The van der Waals surface area contributed by atoms with Crippen LogP contribution in [0.4, 0.5) is 5.69 Å². The van der Waals surface area contributed by atoms with Crippen molar-refractivity contribution in [2.75, 3.05) is 31.5 Å². The van der Waals surface area contributed by atoms with E-state index in [9.17, 15) is 4.79 Å². The van der Waals surface area contributed by atoms with Crippen LogP contribution in [-0.4, -0.2) is 43.0 Å². The molecule has 0 bridgehead atoms. The van der Waals surface area contributed by atoms with Crippen molar-refractivity contribution in [3.8, 4) is 6.07 Å². The van der Waals surface area contributed by atoms with Gasteiger partial charge < -0.3 is 10.6 Å². The number of nitrogens with zero attached hydrogens (tertiary/aromatic N) is 2. The Morgan fingerprint density at radius 3 is 3.05 bits per heavy atom. The van der Waals surface area contributed by atoms with Crippen molar-refractivity contribution in [3.05, 3.63) is 27.7 Å². The minimum Gasteiger partial charge on any atom is -0.322 e. The molecule has 112 valence electrons. The number of piperazine rings is 1. The smallest absolute Gasteiger partial charge is 0.238 e. The van der Waals surface area contributed by atoms with Gasteiger partial charge in [0.15, 0.2) is 0 Å². The number of benzene rings is 1. The number of nitriles is 1. The fraction of sp³-hybridized carbons (Fsp3) is 0.429. The number of hydrogen-bond donors (Lipinski definition) is 2. The van der Waals surface area contributed by atoms with Crippen molar-refractivity contribution < 1.29 is 4.79 Å². The summed E-state index contributed by atoms with van der Waals surface area (Å²) in [6.45, 7) is 3.96. The minimum atomic E-state index is -0.298. The number of halogens is 2. The molecule has 0 aliphatic carbocycles. The quantitative estimate of drug-likeness (QED) is 0.891. The average molecular weight is 327 g/mol. The normalized spacial score (nSPS) is 19.0. The molecule has 21 heavy (non-hydrogen) atoms. The van der Waals surface area contributed by atoms with Crippen molar-refractivity contribution in [3.63, 3.8) is 0 Å². The molecule has 0 spiro atoms. The van der Waals surface area contributed by atoms with Crippen LogP contribution in [0.5, 0.6) is 0 Å². The van der Waals surface area contributed by atoms with E-state index in [0.717, 1.165) is 12.1 Å². The molecule has 1 saturated heterocycles. The van der Waals surface area contributed by atoms with E-state index in [1.807, 2.05) is 11.8 Å². The van der Waals surface area contributed by atoms with Crippen molar-refractivity contribution in [1.29, 1.82) is 5.26 Å². The summed E-state index contributed by atoms with van der Waals surface area (Å²) >= 11 is 12.2. The molecule has 1 aliphatic heterocycles. The van der Waals surface area contributed by atoms with Crippen LogP contribution in [0.2, 0.25) is 10.0 Å². The third-order valence-electron chi connectivity index (χ3n) is 3.40. The van der Waals surface area contributed by atoms with Gasteiger partial charge in [0.05, 0.1) is 28.3 Å². The van der Waals surface area contributed by atoms with Gasteiger partial charge in [-0.1, -0.05) is 29.3 Å². The van der Waals surface area contributed by atoms with Crippen LogP contribution in [0.1, 0.15) is 5.56 Å². The average Bonchev–Trinajstić information content (AvgIpc) is 2.48. The molecule has 1 atom stereocenters. The van der Waals surface area contributed by atoms with Crippen molar-refractivity contribution in [2.45, 2.75) is 13.0 Å². The first-order chi connectivity index (χ1) is 10.0. The van der Waals surface area contributed by atoms with Crippen molar-refractivity contribution in [2.24, 2.45) is 0 Å². The number of aryl methyl sites for hydroxylation is 1. The van der Waals surface area contributed by atoms with Gasteiger partial charge in [-0.15, -0.1) is 0 Å². The predicted octanol–water partition coefficient (Wildman–Crippen LogP) is 2.04. The second-order valence-corrected chi connectivity index (χ2v) is 5.71. The Balaban J connectivity index is 2.05. The maximum Gasteiger partial charge on any atom is 0.238 e. The van der Waals surface area contributed by atoms with Gasteiger partial charge in [0.25, 0.3) is 0 Å². The Bertz CT molecular complexity index is 585. The lowest BCUT2D eigenvalue weighted by Gasteiger charge is -2.31. The van der Waals surface area contributed by atoms with Crippen LogP contribution in [0.15, 0.2) is 12.1 Å². The monoisotopic (exact) mass is 326 g/mol. The van der Waals surface area contributed by atoms with Gasteiger partial charge in [0.1, 0.15) is 6.04 Å². The van der Waals surface area contributed by atoms with Crippen LogP contribution in [0, 0.1) is 18.3 Å². The van der Waals surface area contributed by atoms with Crippen molar-refractivity contribution in [1.82, 2.24) is 10.2 Å². The van der Waals surface area contributed by atoms with E-state index in [0.29, 0.717) is 28.8 Å². The predicted molar refractivity (Wildman–Crippen MR) is 83.7 cm³/mol. The second kappa shape index (κ2) is 7.10. The molecule has 2 N–H and O–H groups in total. The van der Waals surface area contributed by atoms with Crippen LogP contribution >= 0.6 is 23.2 Å². The molecule has 0 saturated carbocycles. The summed E-state index contributed by atoms with van der Waals surface area (Å²) in [5.74, 6) is -0.230. The Morgan fingerprint density at radius 1 is 1.57 bits per heavy atom. The SMILES string of the molecule is Cc1ccc(Cl)c(NC(=O)CN2CCNCC2C#N)c1Cl. The molecule has 2 rings (SSSR count). The summed E-state index contributed by atoms with van der Waals surface area (Å²) < 4.78 is 0. The molecule has 1 aromatic carbocycles. The number of carbonyl (C=O) groups is 1. The third-order valence-corrected chi connectivity index (χ3v) is 4.20. The van der Waals surface area contributed by atoms with Gasteiger partial charge in [0.2, 0.25) is 5.91 Å². The maximum absolute atomic E-state index is 12.2. The number of amides is 1. The van der Waals surface area contributed by atoms with E-state index in [1.54, 1.807) is 12.1 Å². The second-order valence-electron chi connectivity index (χ2n) is 4.92. The van der Waals surface area contributed by atoms with E-state index in [2.05, 4.69) is 16.7 Å². The Morgan fingerprint density at radius 2 is 2.33 bits per heavy atom. The Labute approximate surface area is 133 Å². The van der Waals surface area contributed by atoms with Crippen LogP contribution in [-0.2, 0) is 4.79 Å². The summed E-state index contributed by atoms with van der Waals surface area (Å²) in [6, 6.07) is 5.38. The summed E-state index contributed by atoms with van der Waals surface area (Å²) in [4.78, 5) is 14.0. The number of hydrogen-bond acceptors (Lipinski definition) is 4. The lowest BCUT2D eigenvalue weighted by atomic mass is 10.2. The maximum atomic E-state index is 12.2. The zero-order valence-corrected chi connectivity index (χ0v) is 13.1. The number of carbonyl (C=O) groups excluding carboxylic acids is 1. The molecule has 0 aromatic heterocycles. The molecule has 5 nitrogen and oxygen atoms in total. The number of nitrogens with one attached hydrogen (secondary N) is 2. The minimum absolute atomic E-state index is 0.139. The lowest BCUT2D eigenvalue weighted by Crippen LogP contribution is -2.52. The largest absolute Gasteiger partial charge is 0.322 e. The van der Waals surface area contributed by atoms with E-state index >= 15 is 0 Å². The summed E-state index contributed by atoms with van der Waals surface area (Å²) in [6.07, 6.45) is 0. The molecule has 7 heteroatoms. The number of anilines is 1. The zero-order valence-electron chi connectivity index (χ0n) is 11.6. The van der Waals surface area contributed by atoms with Crippen molar-refractivity contribution >= 4 is 34.8 Å². The summed E-state index contributed by atoms with van der Waals surface area (Å²) in [5.41, 5.74) is 1.26. The van der Waals surface area contributed by atoms with Gasteiger partial charge >= 0.3 is 0 Å². The summed E-state index contributed by atoms with van der Waals surface area (Å²) in [5, 5.41) is 15.8. The van der Waals surface area contributed by atoms with Gasteiger partial charge in [-0.3, -0.25) is 9.69 Å². The highest BCUT2D eigenvalue weighted by atomic mass is 35.5. The molecule has 1 unspecified atom stereocenters. The molecule has 1 amide bonds. The van der Waals surface area contributed by atoms with Gasteiger partial charge in [-0.2, -0.15) is 5.26 Å². The molecule has 0 radical (unpaired) electrons. The molecular formula is C14H16Cl2N4O. The van der Waals surface area contributed by atoms with Gasteiger partial charge in [0, 0.05) is 19.6 Å². The molecule has 1 fully saturated rings. The van der Waals surface area contributed by atoms with Gasteiger partial charge in [-0.05, 0) is 18.6 Å². The highest BCUT2D eigenvalue weighted by Crippen LogP contribution is 2.32. The fourth-order valence-electron chi connectivity index (χ4n) is 2.20. The summed E-state index contributed by atoms with van der Waals surface area (Å²) in [7, 11) is 0. The Kier molecular flexibility index (Phi) is 5.43. The van der Waals surface area contributed by atoms with Crippen LogP contribution < -0.4 is 10.6 Å². The standard InChI is InChI=1S/C14H16Cl2N4O/c1-9-2-3-11(15)14(13(9)16)19-12(21)8-20-5-4-18-7-10(20)6-17/h2-3,10,18H,4-5,7-8H2,1H3,(H,19,21). The third kappa shape index (κ3) is 3.86. The van der Waals surface area contributed by atoms with E-state index in [4.69, 9.17) is 28.5 Å². The molecule has 1 heterocycles. The van der Waals surface area contributed by atoms with E-state index in [1.165, 1.54) is 0 Å². The van der Waals surface area contributed by atoms with Crippen LogP contribution in [0.3, 0.4) is 0 Å². The highest BCUT2D eigenvalue weighted by Gasteiger charge is 2.24. The lowest BCUT2D eigenvalue weighted by molar-refractivity contribution is -0.117. The van der Waals surface area contributed by atoms with E-state index < -0.39 is 0 Å². The Hall–Kier alpha value is -1.32.